The molecule has 5 rings (SSSR count). The van der Waals surface area contributed by atoms with E-state index in [2.05, 4.69) is 24.4 Å². The van der Waals surface area contributed by atoms with Crippen molar-refractivity contribution >= 4 is 11.6 Å². The molecule has 0 spiro atoms. The first kappa shape index (κ1) is 17.9. The number of allylic oxidation sites excluding steroid dienone is 2. The van der Waals surface area contributed by atoms with Crippen LogP contribution in [-0.4, -0.2) is 15.6 Å². The fraction of sp³-hybridized carbons (Fsp3) is 0.250. The lowest BCUT2D eigenvalue weighted by Crippen LogP contribution is -2.33. The third-order valence-corrected chi connectivity index (χ3v) is 5.83. The lowest BCUT2D eigenvalue weighted by molar-refractivity contribution is -0.117. The first-order valence-corrected chi connectivity index (χ1v) is 9.96. The molecule has 1 aromatic heterocycles. The minimum Gasteiger partial charge on any atom is -0.343 e. The van der Waals surface area contributed by atoms with Gasteiger partial charge in [-0.25, -0.2) is 9.07 Å². The van der Waals surface area contributed by atoms with E-state index in [0.29, 0.717) is 12.3 Å². The summed E-state index contributed by atoms with van der Waals surface area (Å²) in [6.45, 7) is 4.09. The number of fused-ring (bicyclic) bond motifs is 1. The van der Waals surface area contributed by atoms with Crippen LogP contribution in [0.5, 0.6) is 0 Å². The van der Waals surface area contributed by atoms with Gasteiger partial charge >= 0.3 is 0 Å². The third-order valence-electron chi connectivity index (χ3n) is 5.83. The monoisotopic (exact) mass is 387 g/mol. The van der Waals surface area contributed by atoms with Crippen molar-refractivity contribution < 1.29 is 9.18 Å². The van der Waals surface area contributed by atoms with Crippen LogP contribution in [0.15, 0.2) is 65.9 Å². The fourth-order valence-corrected chi connectivity index (χ4v) is 4.58. The van der Waals surface area contributed by atoms with Gasteiger partial charge in [0.25, 0.3) is 0 Å². The second-order valence-corrected chi connectivity index (χ2v) is 8.03. The topological polar surface area (TPSA) is 46.9 Å². The number of carbonyl (C=O) groups excluding carboxylic acids is 1. The zero-order valence-electron chi connectivity index (χ0n) is 16.4. The molecular formula is C24H22FN3O. The molecule has 146 valence electrons. The van der Waals surface area contributed by atoms with Gasteiger partial charge in [0, 0.05) is 23.3 Å². The maximum Gasteiger partial charge on any atom is 0.163 e. The van der Waals surface area contributed by atoms with Gasteiger partial charge in [-0.15, -0.1) is 0 Å². The van der Waals surface area contributed by atoms with Gasteiger partial charge in [0.2, 0.25) is 0 Å². The molecule has 3 aromatic rings. The summed E-state index contributed by atoms with van der Waals surface area (Å²) in [6.07, 6.45) is 1.34. The lowest BCUT2D eigenvalue weighted by Gasteiger charge is -2.35. The van der Waals surface area contributed by atoms with Gasteiger partial charge in [0.15, 0.2) is 5.78 Å². The highest BCUT2D eigenvalue weighted by molar-refractivity contribution is 6.00. The van der Waals surface area contributed by atoms with E-state index in [-0.39, 0.29) is 17.6 Å². The molecule has 0 amide bonds. The summed E-state index contributed by atoms with van der Waals surface area (Å²) in [5.41, 5.74) is 5.60. The number of rotatable bonds is 2. The molecule has 2 aliphatic rings. The average molecular weight is 387 g/mol. The van der Waals surface area contributed by atoms with Crippen LogP contribution < -0.4 is 5.32 Å². The first-order valence-electron chi connectivity index (χ1n) is 9.96. The Balaban J connectivity index is 1.75. The molecule has 2 atom stereocenters. The van der Waals surface area contributed by atoms with Crippen molar-refractivity contribution in [2.24, 2.45) is 5.92 Å². The van der Waals surface area contributed by atoms with Crippen molar-refractivity contribution in [2.75, 3.05) is 5.32 Å². The number of anilines is 1. The molecule has 0 unspecified atom stereocenters. The predicted octanol–water partition coefficient (Wildman–Crippen LogP) is 5.27. The summed E-state index contributed by atoms with van der Waals surface area (Å²) >= 11 is 0. The second kappa shape index (κ2) is 6.69. The van der Waals surface area contributed by atoms with E-state index in [1.165, 1.54) is 12.1 Å². The van der Waals surface area contributed by atoms with E-state index >= 15 is 0 Å². The van der Waals surface area contributed by atoms with Crippen LogP contribution in [0.4, 0.5) is 10.2 Å². The molecule has 4 nitrogen and oxygen atoms in total. The summed E-state index contributed by atoms with van der Waals surface area (Å²) in [5, 5.41) is 8.37. The Morgan fingerprint density at radius 1 is 1.07 bits per heavy atom. The Morgan fingerprint density at radius 2 is 1.79 bits per heavy atom. The van der Waals surface area contributed by atoms with Crippen molar-refractivity contribution in [3.8, 4) is 11.1 Å². The van der Waals surface area contributed by atoms with E-state index in [4.69, 9.17) is 5.10 Å². The van der Waals surface area contributed by atoms with Crippen LogP contribution >= 0.6 is 0 Å². The maximum atomic E-state index is 13.6. The standard InChI is InChI=1S/C24H22FN3O/c1-14-12-19-22(20(29)13-14)23(17-8-10-18(25)11-9-17)28-24(26-19)21(15(2)27-28)16-6-4-3-5-7-16/h3-11,14,23,26H,12-13H2,1-2H3/t14-,23+/m1/s1. The number of carbonyl (C=O) groups is 1. The predicted molar refractivity (Wildman–Crippen MR) is 111 cm³/mol. The summed E-state index contributed by atoms with van der Waals surface area (Å²) in [7, 11) is 0. The van der Waals surface area contributed by atoms with Crippen LogP contribution in [0.2, 0.25) is 0 Å². The molecule has 1 aliphatic carbocycles. The van der Waals surface area contributed by atoms with E-state index in [1.807, 2.05) is 29.8 Å². The zero-order valence-corrected chi connectivity index (χ0v) is 16.4. The van der Waals surface area contributed by atoms with Crippen LogP contribution in [0.3, 0.4) is 0 Å². The van der Waals surface area contributed by atoms with E-state index < -0.39 is 0 Å². The number of halogens is 1. The van der Waals surface area contributed by atoms with Crippen molar-refractivity contribution in [3.63, 3.8) is 0 Å². The first-order chi connectivity index (χ1) is 14.0. The molecule has 1 N–H and O–H groups in total. The van der Waals surface area contributed by atoms with Gasteiger partial charge in [-0.2, -0.15) is 5.10 Å². The smallest absolute Gasteiger partial charge is 0.163 e. The lowest BCUT2D eigenvalue weighted by atomic mass is 9.81. The SMILES string of the molecule is Cc1nn2c(c1-c1ccccc1)NC1=C(C(=O)C[C@H](C)C1)[C@@H]2c1ccc(F)cc1. The van der Waals surface area contributed by atoms with Crippen molar-refractivity contribution in [1.82, 2.24) is 9.78 Å². The summed E-state index contributed by atoms with van der Waals surface area (Å²) in [6, 6.07) is 16.2. The van der Waals surface area contributed by atoms with E-state index in [1.54, 1.807) is 12.1 Å². The number of hydrogen-bond acceptors (Lipinski definition) is 3. The molecule has 0 saturated carbocycles. The molecule has 2 heterocycles. The van der Waals surface area contributed by atoms with E-state index in [9.17, 15) is 9.18 Å². The number of hydrogen-bond donors (Lipinski definition) is 1. The van der Waals surface area contributed by atoms with Crippen LogP contribution in [0.1, 0.15) is 37.1 Å². The molecular weight excluding hydrogens is 365 g/mol. The summed E-state index contributed by atoms with van der Waals surface area (Å²) < 4.78 is 15.5. The number of aromatic nitrogens is 2. The zero-order chi connectivity index (χ0) is 20.1. The quantitative estimate of drug-likeness (QED) is 0.652. The minimum absolute atomic E-state index is 0.139. The van der Waals surface area contributed by atoms with Gasteiger partial charge < -0.3 is 5.32 Å². The van der Waals surface area contributed by atoms with Gasteiger partial charge in [0.05, 0.1) is 5.69 Å². The normalized spacial score (nSPS) is 20.9. The Labute approximate surface area is 169 Å². The number of benzene rings is 2. The Morgan fingerprint density at radius 3 is 2.52 bits per heavy atom. The van der Waals surface area contributed by atoms with Crippen LogP contribution in [0.25, 0.3) is 11.1 Å². The summed E-state index contributed by atoms with van der Waals surface area (Å²) in [5.74, 6) is 1.03. The molecule has 5 heteroatoms. The van der Waals surface area contributed by atoms with Crippen molar-refractivity contribution in [1.29, 1.82) is 0 Å². The molecule has 1 aliphatic heterocycles. The molecule has 29 heavy (non-hydrogen) atoms. The van der Waals surface area contributed by atoms with Gasteiger partial charge in [0.1, 0.15) is 17.7 Å². The largest absolute Gasteiger partial charge is 0.343 e. The van der Waals surface area contributed by atoms with Crippen LogP contribution in [-0.2, 0) is 4.79 Å². The van der Waals surface area contributed by atoms with Crippen molar-refractivity contribution in [3.05, 3.63) is 82.9 Å². The number of aryl methyl sites for hydroxylation is 1. The number of Topliss-reactive ketones (excluding diaryl/α,β-unsaturated/α-hetero) is 1. The maximum absolute atomic E-state index is 13.6. The third kappa shape index (κ3) is 2.89. The van der Waals surface area contributed by atoms with Gasteiger partial charge in [-0.1, -0.05) is 49.4 Å². The van der Waals surface area contributed by atoms with Gasteiger partial charge in [-0.3, -0.25) is 4.79 Å². The fourth-order valence-electron chi connectivity index (χ4n) is 4.58. The minimum atomic E-state index is -0.349. The highest BCUT2D eigenvalue weighted by Gasteiger charge is 2.39. The molecule has 0 radical (unpaired) electrons. The Kier molecular flexibility index (Phi) is 4.12. The number of nitrogens with zero attached hydrogens (tertiary/aromatic N) is 2. The molecule has 0 fully saturated rings. The highest BCUT2D eigenvalue weighted by atomic mass is 19.1. The summed E-state index contributed by atoms with van der Waals surface area (Å²) in [4.78, 5) is 13.0. The van der Waals surface area contributed by atoms with E-state index in [0.717, 1.165) is 45.9 Å². The van der Waals surface area contributed by atoms with Gasteiger partial charge in [-0.05, 0) is 42.5 Å². The number of ketones is 1. The average Bonchev–Trinajstić information content (AvgIpc) is 3.03. The van der Waals surface area contributed by atoms with Crippen LogP contribution in [0, 0.1) is 18.7 Å². The Bertz CT molecular complexity index is 1130. The number of nitrogens with one attached hydrogen (secondary N) is 1. The molecule has 0 bridgehead atoms. The van der Waals surface area contributed by atoms with Crippen molar-refractivity contribution in [2.45, 2.75) is 32.7 Å². The highest BCUT2D eigenvalue weighted by Crippen LogP contribution is 2.45. The second-order valence-electron chi connectivity index (χ2n) is 8.03. The molecule has 0 saturated heterocycles. The molecule has 2 aromatic carbocycles. The Hall–Kier alpha value is -3.21.